The highest BCUT2D eigenvalue weighted by Crippen LogP contribution is 2.15. The van der Waals surface area contributed by atoms with Crippen LogP contribution in [0.5, 0.6) is 0 Å². The van der Waals surface area contributed by atoms with Gasteiger partial charge in [-0.15, -0.1) is 0 Å². The van der Waals surface area contributed by atoms with Crippen molar-refractivity contribution in [2.75, 3.05) is 6.61 Å². The largest absolute Gasteiger partial charge is 0.396 e. The molecule has 0 aromatic rings. The minimum absolute atomic E-state index is 0.355. The molecule has 1 fully saturated rings. The van der Waals surface area contributed by atoms with Gasteiger partial charge in [-0.1, -0.05) is 51.9 Å². The summed E-state index contributed by atoms with van der Waals surface area (Å²) in [5.41, 5.74) is 0. The number of unbranched alkanes of at least 4 members (excludes halogenated alkanes) is 2. The van der Waals surface area contributed by atoms with Gasteiger partial charge in [-0.05, 0) is 6.42 Å². The molecule has 0 aromatic heterocycles. The summed E-state index contributed by atoms with van der Waals surface area (Å²) >= 11 is 0. The SMILES string of the molecule is C1CCCC1.CCCCCO. The highest BCUT2D eigenvalue weighted by Gasteiger charge is 1.95. The van der Waals surface area contributed by atoms with Gasteiger partial charge in [0, 0.05) is 6.61 Å². The van der Waals surface area contributed by atoms with E-state index in [2.05, 4.69) is 6.92 Å². The molecule has 0 heterocycles. The normalized spacial score (nSPS) is 15.8. The Morgan fingerprint density at radius 2 is 1.36 bits per heavy atom. The van der Waals surface area contributed by atoms with E-state index in [4.69, 9.17) is 5.11 Å². The molecule has 1 heteroatoms. The van der Waals surface area contributed by atoms with Crippen molar-refractivity contribution in [3.63, 3.8) is 0 Å². The third kappa shape index (κ3) is 9.96. The fourth-order valence-corrected chi connectivity index (χ4v) is 1.25. The molecule has 0 radical (unpaired) electrons. The molecule has 1 aliphatic carbocycles. The first kappa shape index (κ1) is 11.0. The minimum Gasteiger partial charge on any atom is -0.396 e. The van der Waals surface area contributed by atoms with E-state index in [0.717, 1.165) is 12.8 Å². The number of hydrogen-bond acceptors (Lipinski definition) is 1. The molecule has 1 saturated carbocycles. The molecule has 0 aromatic carbocycles. The van der Waals surface area contributed by atoms with Crippen molar-refractivity contribution in [1.82, 2.24) is 0 Å². The van der Waals surface area contributed by atoms with Crippen LogP contribution in [-0.4, -0.2) is 11.7 Å². The van der Waals surface area contributed by atoms with Crippen LogP contribution < -0.4 is 0 Å². The number of aliphatic hydroxyl groups excluding tert-OH is 1. The maximum atomic E-state index is 8.20. The van der Waals surface area contributed by atoms with E-state index in [1.54, 1.807) is 0 Å². The van der Waals surface area contributed by atoms with E-state index in [9.17, 15) is 0 Å². The van der Waals surface area contributed by atoms with Crippen LogP contribution in [0.2, 0.25) is 0 Å². The molecule has 0 atom stereocenters. The summed E-state index contributed by atoms with van der Waals surface area (Å²) in [6.07, 6.45) is 10.8. The average Bonchev–Trinajstić information content (AvgIpc) is 2.57. The highest BCUT2D eigenvalue weighted by atomic mass is 16.2. The van der Waals surface area contributed by atoms with Gasteiger partial charge in [-0.2, -0.15) is 0 Å². The zero-order chi connectivity index (χ0) is 8.36. The summed E-state index contributed by atoms with van der Waals surface area (Å²) in [5.74, 6) is 0. The fraction of sp³-hybridized carbons (Fsp3) is 1.00. The van der Waals surface area contributed by atoms with Crippen molar-refractivity contribution in [3.8, 4) is 0 Å². The average molecular weight is 158 g/mol. The third-order valence-electron chi connectivity index (χ3n) is 2.01. The summed E-state index contributed by atoms with van der Waals surface area (Å²) in [6, 6.07) is 0. The topological polar surface area (TPSA) is 20.2 Å². The van der Waals surface area contributed by atoms with Crippen LogP contribution in [0, 0.1) is 0 Å². The molecule has 0 saturated heterocycles. The monoisotopic (exact) mass is 158 g/mol. The van der Waals surface area contributed by atoms with E-state index in [1.165, 1.54) is 38.5 Å². The molecule has 0 aliphatic heterocycles. The molecule has 1 nitrogen and oxygen atoms in total. The van der Waals surface area contributed by atoms with Crippen LogP contribution in [0.25, 0.3) is 0 Å². The van der Waals surface area contributed by atoms with Gasteiger partial charge in [0.15, 0.2) is 0 Å². The van der Waals surface area contributed by atoms with Crippen molar-refractivity contribution < 1.29 is 5.11 Å². The zero-order valence-electron chi connectivity index (χ0n) is 7.81. The lowest BCUT2D eigenvalue weighted by molar-refractivity contribution is 0.284. The van der Waals surface area contributed by atoms with E-state index < -0.39 is 0 Å². The first-order valence-corrected chi connectivity index (χ1v) is 5.02. The Balaban J connectivity index is 0.000000183. The standard InChI is InChI=1S/C5H12O.C5H10/c1-2-3-4-5-6;1-2-4-5-3-1/h6H,2-5H2,1H3;1-5H2. The van der Waals surface area contributed by atoms with Crippen molar-refractivity contribution in [2.45, 2.75) is 58.3 Å². The molecule has 1 N–H and O–H groups in total. The molecule has 68 valence electrons. The quantitative estimate of drug-likeness (QED) is 0.626. The first-order chi connectivity index (χ1) is 5.41. The zero-order valence-corrected chi connectivity index (χ0v) is 7.81. The van der Waals surface area contributed by atoms with E-state index in [0.29, 0.717) is 6.61 Å². The lowest BCUT2D eigenvalue weighted by atomic mass is 10.3. The van der Waals surface area contributed by atoms with Gasteiger partial charge in [-0.3, -0.25) is 0 Å². The van der Waals surface area contributed by atoms with Gasteiger partial charge in [0.05, 0.1) is 0 Å². The van der Waals surface area contributed by atoms with Gasteiger partial charge < -0.3 is 5.11 Å². The number of aliphatic hydroxyl groups is 1. The van der Waals surface area contributed by atoms with Crippen LogP contribution >= 0.6 is 0 Å². The maximum Gasteiger partial charge on any atom is 0.0431 e. The van der Waals surface area contributed by atoms with Gasteiger partial charge in [-0.25, -0.2) is 0 Å². The number of hydrogen-bond donors (Lipinski definition) is 1. The van der Waals surface area contributed by atoms with Gasteiger partial charge in [0.25, 0.3) is 0 Å². The summed E-state index contributed by atoms with van der Waals surface area (Å²) in [7, 11) is 0. The molecular weight excluding hydrogens is 136 g/mol. The molecule has 1 rings (SSSR count). The Hall–Kier alpha value is -0.0400. The van der Waals surface area contributed by atoms with Crippen LogP contribution in [0.4, 0.5) is 0 Å². The van der Waals surface area contributed by atoms with Crippen LogP contribution in [0.15, 0.2) is 0 Å². The fourth-order valence-electron chi connectivity index (χ4n) is 1.25. The van der Waals surface area contributed by atoms with E-state index in [-0.39, 0.29) is 0 Å². The molecule has 1 aliphatic rings. The Labute approximate surface area is 70.8 Å². The van der Waals surface area contributed by atoms with Gasteiger partial charge >= 0.3 is 0 Å². The maximum absolute atomic E-state index is 8.20. The van der Waals surface area contributed by atoms with Crippen molar-refractivity contribution in [2.24, 2.45) is 0 Å². The Kier molecular flexibility index (Phi) is 9.92. The van der Waals surface area contributed by atoms with E-state index >= 15 is 0 Å². The molecule has 0 bridgehead atoms. The second-order valence-corrected chi connectivity index (χ2v) is 3.20. The molecule has 0 amide bonds. The Morgan fingerprint density at radius 1 is 0.909 bits per heavy atom. The summed E-state index contributed by atoms with van der Waals surface area (Å²) in [6.45, 7) is 2.48. The van der Waals surface area contributed by atoms with Crippen molar-refractivity contribution in [3.05, 3.63) is 0 Å². The molecular formula is C10H22O. The smallest absolute Gasteiger partial charge is 0.0431 e. The first-order valence-electron chi connectivity index (χ1n) is 5.02. The summed E-state index contributed by atoms with van der Waals surface area (Å²) in [5, 5.41) is 8.20. The lowest BCUT2D eigenvalue weighted by Crippen LogP contribution is -1.78. The molecule has 11 heavy (non-hydrogen) atoms. The Bertz CT molecular complexity index is 46.3. The third-order valence-corrected chi connectivity index (χ3v) is 2.01. The molecule has 0 spiro atoms. The van der Waals surface area contributed by atoms with Crippen LogP contribution in [0.3, 0.4) is 0 Å². The number of rotatable bonds is 3. The van der Waals surface area contributed by atoms with Gasteiger partial charge in [0.2, 0.25) is 0 Å². The second-order valence-electron chi connectivity index (χ2n) is 3.20. The predicted octanol–water partition coefficient (Wildman–Crippen LogP) is 3.12. The Morgan fingerprint density at radius 3 is 1.55 bits per heavy atom. The van der Waals surface area contributed by atoms with E-state index in [1.807, 2.05) is 0 Å². The summed E-state index contributed by atoms with van der Waals surface area (Å²) < 4.78 is 0. The van der Waals surface area contributed by atoms with Crippen molar-refractivity contribution in [1.29, 1.82) is 0 Å². The highest BCUT2D eigenvalue weighted by molar-refractivity contribution is 4.51. The predicted molar refractivity (Wildman–Crippen MR) is 49.7 cm³/mol. The van der Waals surface area contributed by atoms with Gasteiger partial charge in [0.1, 0.15) is 0 Å². The molecule has 0 unspecified atom stereocenters. The minimum atomic E-state index is 0.355. The second kappa shape index (κ2) is 9.96. The summed E-state index contributed by atoms with van der Waals surface area (Å²) in [4.78, 5) is 0. The van der Waals surface area contributed by atoms with Crippen molar-refractivity contribution >= 4 is 0 Å². The lowest BCUT2D eigenvalue weighted by Gasteiger charge is -1.85. The van der Waals surface area contributed by atoms with Crippen LogP contribution in [-0.2, 0) is 0 Å². The van der Waals surface area contributed by atoms with Crippen LogP contribution in [0.1, 0.15) is 58.3 Å².